The first-order valence-electron chi connectivity index (χ1n) is 6.09. The van der Waals surface area contributed by atoms with Crippen molar-refractivity contribution in [3.05, 3.63) is 30.2 Å². The lowest BCUT2D eigenvalue weighted by Gasteiger charge is -2.25. The second kappa shape index (κ2) is 4.77. The Morgan fingerprint density at radius 2 is 2.32 bits per heavy atom. The van der Waals surface area contributed by atoms with Crippen molar-refractivity contribution in [3.63, 3.8) is 0 Å². The normalized spacial score (nSPS) is 15.5. The van der Waals surface area contributed by atoms with E-state index >= 15 is 0 Å². The third kappa shape index (κ3) is 2.27. The van der Waals surface area contributed by atoms with E-state index in [0.29, 0.717) is 30.8 Å². The maximum absolute atomic E-state index is 12.3. The zero-order valence-corrected chi connectivity index (χ0v) is 10.2. The minimum Gasteiger partial charge on any atom is -0.423 e. The van der Waals surface area contributed by atoms with E-state index in [1.165, 1.54) is 6.07 Å². The Morgan fingerprint density at radius 3 is 2.95 bits per heavy atom. The molecule has 1 saturated heterocycles. The van der Waals surface area contributed by atoms with Crippen LogP contribution in [0.4, 0.5) is 0 Å². The molecule has 2 N–H and O–H groups in total. The first-order chi connectivity index (χ1) is 9.15. The number of hydrogen-bond acceptors (Lipinski definition) is 5. The number of fused-ring (bicyclic) bond motifs is 1. The van der Waals surface area contributed by atoms with Crippen molar-refractivity contribution in [2.75, 3.05) is 13.2 Å². The van der Waals surface area contributed by atoms with Gasteiger partial charge in [0, 0.05) is 30.9 Å². The Kier molecular flexibility index (Phi) is 3.10. The largest absolute Gasteiger partial charge is 0.489 e. The van der Waals surface area contributed by atoms with Gasteiger partial charge in [0.25, 0.3) is 0 Å². The van der Waals surface area contributed by atoms with E-state index in [1.807, 2.05) is 0 Å². The molecule has 98 valence electrons. The molecule has 0 aromatic carbocycles. The second-order valence-electron chi connectivity index (χ2n) is 4.75. The summed E-state index contributed by atoms with van der Waals surface area (Å²) in [4.78, 5) is 16.4. The molecule has 3 rings (SSSR count). The van der Waals surface area contributed by atoms with Crippen LogP contribution in [-0.2, 0) is 4.74 Å². The number of imidazole rings is 1. The van der Waals surface area contributed by atoms with E-state index in [-0.39, 0.29) is 17.2 Å². The SMILES string of the molecule is O=C(CC1COC1)c1cc(B(O)O)cn2ccnc12. The molecule has 3 heterocycles. The first-order valence-corrected chi connectivity index (χ1v) is 6.09. The van der Waals surface area contributed by atoms with Gasteiger partial charge in [-0.2, -0.15) is 0 Å². The summed E-state index contributed by atoms with van der Waals surface area (Å²) in [6.07, 6.45) is 5.19. The van der Waals surface area contributed by atoms with Gasteiger partial charge in [0.15, 0.2) is 5.78 Å². The van der Waals surface area contributed by atoms with Crippen LogP contribution in [0.1, 0.15) is 16.8 Å². The molecule has 2 aromatic rings. The van der Waals surface area contributed by atoms with Gasteiger partial charge in [-0.05, 0) is 11.5 Å². The zero-order chi connectivity index (χ0) is 13.4. The zero-order valence-electron chi connectivity index (χ0n) is 10.2. The molecule has 7 heteroatoms. The van der Waals surface area contributed by atoms with Gasteiger partial charge < -0.3 is 19.2 Å². The number of rotatable bonds is 4. The first kappa shape index (κ1) is 12.3. The summed E-state index contributed by atoms with van der Waals surface area (Å²) in [6, 6.07) is 1.49. The molecule has 0 bridgehead atoms. The van der Waals surface area contributed by atoms with Crippen LogP contribution in [0.15, 0.2) is 24.7 Å². The number of aromatic nitrogens is 2. The van der Waals surface area contributed by atoms with Gasteiger partial charge in [-0.15, -0.1) is 0 Å². The van der Waals surface area contributed by atoms with Crippen LogP contribution < -0.4 is 5.46 Å². The van der Waals surface area contributed by atoms with Crippen LogP contribution in [0.3, 0.4) is 0 Å². The third-order valence-corrected chi connectivity index (χ3v) is 3.29. The van der Waals surface area contributed by atoms with Gasteiger partial charge in [0.1, 0.15) is 5.65 Å². The molecule has 1 aliphatic heterocycles. The molecule has 0 radical (unpaired) electrons. The predicted octanol–water partition coefficient (Wildman–Crippen LogP) is -0.767. The van der Waals surface area contributed by atoms with Crippen LogP contribution in [0.2, 0.25) is 0 Å². The molecule has 0 aliphatic carbocycles. The highest BCUT2D eigenvalue weighted by molar-refractivity contribution is 6.58. The Bertz CT molecular complexity index is 621. The number of nitrogens with zero attached hydrogens (tertiary/aromatic N) is 2. The summed E-state index contributed by atoms with van der Waals surface area (Å²) < 4.78 is 6.68. The van der Waals surface area contributed by atoms with Crippen LogP contribution in [-0.4, -0.2) is 45.5 Å². The van der Waals surface area contributed by atoms with E-state index in [9.17, 15) is 14.8 Å². The maximum Gasteiger partial charge on any atom is 0.489 e. The van der Waals surface area contributed by atoms with Crippen molar-refractivity contribution in [2.24, 2.45) is 5.92 Å². The van der Waals surface area contributed by atoms with E-state index in [0.717, 1.165) is 0 Å². The standard InChI is InChI=1S/C12H13BN2O4/c16-11(3-8-6-19-7-8)10-4-9(13(17)18)5-15-2-1-14-12(10)15/h1-2,4-5,8,17-18H,3,6-7H2. The fourth-order valence-electron chi connectivity index (χ4n) is 2.18. The number of hydrogen-bond donors (Lipinski definition) is 2. The van der Waals surface area contributed by atoms with E-state index in [4.69, 9.17) is 4.74 Å². The Labute approximate surface area is 109 Å². The summed E-state index contributed by atoms with van der Waals surface area (Å²) >= 11 is 0. The lowest BCUT2D eigenvalue weighted by molar-refractivity contribution is -0.0321. The average Bonchev–Trinajstić information content (AvgIpc) is 2.80. The monoisotopic (exact) mass is 260 g/mol. The van der Waals surface area contributed by atoms with Crippen molar-refractivity contribution in [1.29, 1.82) is 0 Å². The summed E-state index contributed by atoms with van der Waals surface area (Å²) in [7, 11) is -1.61. The predicted molar refractivity (Wildman–Crippen MR) is 68.3 cm³/mol. The van der Waals surface area contributed by atoms with Gasteiger partial charge in [0.2, 0.25) is 0 Å². The van der Waals surface area contributed by atoms with Gasteiger partial charge >= 0.3 is 7.12 Å². The third-order valence-electron chi connectivity index (χ3n) is 3.29. The van der Waals surface area contributed by atoms with Crippen molar-refractivity contribution in [2.45, 2.75) is 6.42 Å². The minimum atomic E-state index is -1.61. The van der Waals surface area contributed by atoms with Gasteiger partial charge in [-0.1, -0.05) is 0 Å². The lowest BCUT2D eigenvalue weighted by Crippen LogP contribution is -2.33. The van der Waals surface area contributed by atoms with Gasteiger partial charge in [0.05, 0.1) is 18.8 Å². The van der Waals surface area contributed by atoms with E-state index < -0.39 is 7.12 Å². The van der Waals surface area contributed by atoms with Crippen LogP contribution in [0.25, 0.3) is 5.65 Å². The van der Waals surface area contributed by atoms with Crippen LogP contribution in [0.5, 0.6) is 0 Å². The quantitative estimate of drug-likeness (QED) is 0.557. The average molecular weight is 260 g/mol. The molecule has 0 atom stereocenters. The van der Waals surface area contributed by atoms with Gasteiger partial charge in [-0.25, -0.2) is 4.98 Å². The van der Waals surface area contributed by atoms with Crippen molar-refractivity contribution < 1.29 is 19.6 Å². The van der Waals surface area contributed by atoms with Crippen LogP contribution >= 0.6 is 0 Å². The maximum atomic E-state index is 12.3. The lowest BCUT2D eigenvalue weighted by atomic mass is 9.80. The Balaban J connectivity index is 1.99. The van der Waals surface area contributed by atoms with E-state index in [1.54, 1.807) is 23.0 Å². The molecule has 6 nitrogen and oxygen atoms in total. The fraction of sp³-hybridized carbons (Fsp3) is 0.333. The number of carbonyl (C=O) groups is 1. The summed E-state index contributed by atoms with van der Waals surface area (Å²) in [5, 5.41) is 18.5. The summed E-state index contributed by atoms with van der Waals surface area (Å²) in [5.41, 5.74) is 1.23. The highest BCUT2D eigenvalue weighted by Crippen LogP contribution is 2.19. The smallest absolute Gasteiger partial charge is 0.423 e. The van der Waals surface area contributed by atoms with Crippen molar-refractivity contribution in [3.8, 4) is 0 Å². The molecule has 1 aliphatic rings. The summed E-state index contributed by atoms with van der Waals surface area (Å²) in [6.45, 7) is 1.22. The van der Waals surface area contributed by atoms with Crippen LogP contribution in [0, 0.1) is 5.92 Å². The van der Waals surface area contributed by atoms with Gasteiger partial charge in [-0.3, -0.25) is 4.79 Å². The summed E-state index contributed by atoms with van der Waals surface area (Å²) in [5.74, 6) is 0.206. The van der Waals surface area contributed by atoms with E-state index in [2.05, 4.69) is 4.98 Å². The molecule has 19 heavy (non-hydrogen) atoms. The molecule has 0 unspecified atom stereocenters. The van der Waals surface area contributed by atoms with Crippen molar-refractivity contribution >= 4 is 24.0 Å². The Morgan fingerprint density at radius 1 is 1.53 bits per heavy atom. The topological polar surface area (TPSA) is 84.1 Å². The molecule has 0 spiro atoms. The molecular formula is C12H13BN2O4. The highest BCUT2D eigenvalue weighted by Gasteiger charge is 2.25. The molecule has 0 saturated carbocycles. The fourth-order valence-corrected chi connectivity index (χ4v) is 2.18. The molecule has 2 aromatic heterocycles. The second-order valence-corrected chi connectivity index (χ2v) is 4.75. The Hall–Kier alpha value is -1.70. The highest BCUT2D eigenvalue weighted by atomic mass is 16.5. The number of ketones is 1. The number of Topliss-reactive ketones (excluding diaryl/α,β-unsaturated/α-hetero) is 1. The number of ether oxygens (including phenoxy) is 1. The molecule has 1 fully saturated rings. The minimum absolute atomic E-state index is 0.0491. The number of pyridine rings is 1. The molecular weight excluding hydrogens is 247 g/mol. The van der Waals surface area contributed by atoms with Crippen molar-refractivity contribution in [1.82, 2.24) is 9.38 Å². The molecule has 0 amide bonds. The number of carbonyl (C=O) groups excluding carboxylic acids is 1.